The molecule has 5 nitrogen and oxygen atoms in total. The normalized spacial score (nSPS) is 14.9. The molecule has 1 N–H and O–H groups in total. The molecule has 1 atom stereocenters. The average molecular weight is 348 g/mol. The van der Waals surface area contributed by atoms with E-state index < -0.39 is 39.4 Å². The highest BCUT2D eigenvalue weighted by Gasteiger charge is 2.71. The van der Waals surface area contributed by atoms with Crippen LogP contribution in [0.2, 0.25) is 0 Å². The number of nitrogens with zero attached hydrogens (tertiary/aromatic N) is 2. The number of nitro groups is 1. The molecular formula is C14H9F5N2O3. The Hall–Kier alpha value is -2.62. The third-order valence-electron chi connectivity index (χ3n) is 3.38. The van der Waals surface area contributed by atoms with Crippen LogP contribution in [0.4, 0.5) is 27.6 Å². The van der Waals surface area contributed by atoms with Crippen molar-refractivity contribution in [3.63, 3.8) is 0 Å². The first kappa shape index (κ1) is 17.7. The van der Waals surface area contributed by atoms with Crippen LogP contribution in [0.25, 0.3) is 0 Å². The Bertz CT molecular complexity index is 752. The molecule has 1 aromatic heterocycles. The van der Waals surface area contributed by atoms with Crippen LogP contribution in [-0.4, -0.2) is 27.1 Å². The SMILES string of the molecule is O=[N+]([O-])c1cccc(C(O)(c2ccncc2)C(F)(F)C(F)(F)F)c1. The first-order chi connectivity index (χ1) is 11.0. The lowest BCUT2D eigenvalue weighted by Crippen LogP contribution is -2.55. The molecule has 10 heteroatoms. The molecule has 0 aliphatic heterocycles. The minimum absolute atomic E-state index is 0.472. The van der Waals surface area contributed by atoms with Gasteiger partial charge in [0.05, 0.1) is 4.92 Å². The van der Waals surface area contributed by atoms with E-state index in [1.807, 2.05) is 0 Å². The number of hydrogen-bond acceptors (Lipinski definition) is 4. The highest BCUT2D eigenvalue weighted by Crippen LogP contribution is 2.51. The first-order valence-electron chi connectivity index (χ1n) is 6.34. The van der Waals surface area contributed by atoms with E-state index in [1.54, 1.807) is 0 Å². The van der Waals surface area contributed by atoms with Crippen molar-refractivity contribution in [2.75, 3.05) is 0 Å². The van der Waals surface area contributed by atoms with Gasteiger partial charge in [0, 0.05) is 30.1 Å². The second-order valence-corrected chi connectivity index (χ2v) is 4.83. The van der Waals surface area contributed by atoms with Crippen molar-refractivity contribution in [2.45, 2.75) is 17.7 Å². The van der Waals surface area contributed by atoms with Gasteiger partial charge in [0.25, 0.3) is 5.69 Å². The van der Waals surface area contributed by atoms with Crippen LogP contribution in [0, 0.1) is 10.1 Å². The Kier molecular flexibility index (Phi) is 4.27. The number of pyridine rings is 1. The fourth-order valence-corrected chi connectivity index (χ4v) is 2.17. The number of nitro benzene ring substituents is 1. The zero-order valence-corrected chi connectivity index (χ0v) is 11.7. The maximum Gasteiger partial charge on any atom is 0.457 e. The summed E-state index contributed by atoms with van der Waals surface area (Å²) >= 11 is 0. The first-order valence-corrected chi connectivity index (χ1v) is 6.34. The molecule has 0 aliphatic rings. The maximum absolute atomic E-state index is 14.1. The van der Waals surface area contributed by atoms with Gasteiger partial charge in [-0.25, -0.2) is 0 Å². The summed E-state index contributed by atoms with van der Waals surface area (Å²) in [6.45, 7) is 0. The lowest BCUT2D eigenvalue weighted by molar-refractivity contribution is -0.385. The molecule has 1 heterocycles. The second-order valence-electron chi connectivity index (χ2n) is 4.83. The fraction of sp³-hybridized carbons (Fsp3) is 0.214. The Morgan fingerprint density at radius 1 is 1.00 bits per heavy atom. The van der Waals surface area contributed by atoms with Crippen molar-refractivity contribution in [1.82, 2.24) is 4.98 Å². The molecule has 0 saturated carbocycles. The Balaban J connectivity index is 2.78. The molecule has 2 aromatic rings. The monoisotopic (exact) mass is 348 g/mol. The molecule has 128 valence electrons. The zero-order valence-electron chi connectivity index (χ0n) is 11.7. The topological polar surface area (TPSA) is 76.3 Å². The molecule has 2 rings (SSSR count). The van der Waals surface area contributed by atoms with Gasteiger partial charge in [0.1, 0.15) is 0 Å². The Morgan fingerprint density at radius 3 is 2.08 bits per heavy atom. The average Bonchev–Trinajstić information content (AvgIpc) is 2.53. The van der Waals surface area contributed by atoms with E-state index in [1.165, 1.54) is 0 Å². The third kappa shape index (κ3) is 2.68. The third-order valence-corrected chi connectivity index (χ3v) is 3.38. The molecule has 0 amide bonds. The number of non-ortho nitro benzene ring substituents is 1. The minimum atomic E-state index is -6.10. The molecule has 0 saturated heterocycles. The van der Waals surface area contributed by atoms with Crippen molar-refractivity contribution < 1.29 is 32.0 Å². The summed E-state index contributed by atoms with van der Waals surface area (Å²) in [5, 5.41) is 21.2. The summed E-state index contributed by atoms with van der Waals surface area (Å²) in [7, 11) is 0. The van der Waals surface area contributed by atoms with Crippen molar-refractivity contribution in [3.05, 3.63) is 70.0 Å². The van der Waals surface area contributed by atoms with Gasteiger partial charge in [-0.2, -0.15) is 22.0 Å². The van der Waals surface area contributed by atoms with Gasteiger partial charge >= 0.3 is 12.1 Å². The number of aliphatic hydroxyl groups is 1. The standard InChI is InChI=1S/C14H9F5N2O3/c15-13(16,14(17,18)19)12(22,9-4-6-20-7-5-9)10-2-1-3-11(8-10)21(23)24/h1-8,22H. The highest BCUT2D eigenvalue weighted by molar-refractivity contribution is 5.44. The molecular weight excluding hydrogens is 339 g/mol. The van der Waals surface area contributed by atoms with Gasteiger partial charge < -0.3 is 5.11 Å². The molecule has 1 unspecified atom stereocenters. The lowest BCUT2D eigenvalue weighted by Gasteiger charge is -2.37. The largest absolute Gasteiger partial charge is 0.457 e. The van der Waals surface area contributed by atoms with Crippen LogP contribution < -0.4 is 0 Å². The van der Waals surface area contributed by atoms with Gasteiger partial charge in [-0.15, -0.1) is 0 Å². The summed E-state index contributed by atoms with van der Waals surface area (Å²) in [6.07, 6.45) is -4.26. The molecule has 1 aromatic carbocycles. The quantitative estimate of drug-likeness (QED) is 0.522. The smallest absolute Gasteiger partial charge is 0.374 e. The zero-order chi connectivity index (χ0) is 18.2. The van der Waals surface area contributed by atoms with E-state index in [-0.39, 0.29) is 0 Å². The van der Waals surface area contributed by atoms with E-state index in [9.17, 15) is 37.2 Å². The summed E-state index contributed by atoms with van der Waals surface area (Å²) in [5.41, 5.74) is -6.37. The van der Waals surface area contributed by atoms with Crippen LogP contribution in [0.1, 0.15) is 11.1 Å². The van der Waals surface area contributed by atoms with Crippen molar-refractivity contribution in [3.8, 4) is 0 Å². The number of alkyl halides is 5. The Morgan fingerprint density at radius 2 is 1.58 bits per heavy atom. The number of benzene rings is 1. The summed E-state index contributed by atoms with van der Waals surface area (Å²) in [5.74, 6) is -5.61. The maximum atomic E-state index is 14.1. The number of aromatic nitrogens is 1. The van der Waals surface area contributed by atoms with Gasteiger partial charge in [-0.3, -0.25) is 15.1 Å². The number of hydrogen-bond donors (Lipinski definition) is 1. The molecule has 0 spiro atoms. The van der Waals surface area contributed by atoms with Gasteiger partial charge in [-0.1, -0.05) is 12.1 Å². The van der Waals surface area contributed by atoms with Gasteiger partial charge in [0.2, 0.25) is 0 Å². The predicted octanol–water partition coefficient (Wildman–Crippen LogP) is 3.42. The number of rotatable bonds is 4. The van der Waals surface area contributed by atoms with E-state index >= 15 is 0 Å². The van der Waals surface area contributed by atoms with Crippen molar-refractivity contribution in [2.24, 2.45) is 0 Å². The van der Waals surface area contributed by atoms with Crippen LogP contribution in [-0.2, 0) is 5.60 Å². The minimum Gasteiger partial charge on any atom is -0.374 e. The summed E-state index contributed by atoms with van der Waals surface area (Å²) in [4.78, 5) is 13.3. The van der Waals surface area contributed by atoms with Crippen LogP contribution in [0.5, 0.6) is 0 Å². The van der Waals surface area contributed by atoms with Crippen molar-refractivity contribution in [1.29, 1.82) is 0 Å². The van der Waals surface area contributed by atoms with Gasteiger partial charge in [-0.05, 0) is 17.7 Å². The predicted molar refractivity (Wildman–Crippen MR) is 71.3 cm³/mol. The lowest BCUT2D eigenvalue weighted by atomic mass is 9.80. The molecule has 0 bridgehead atoms. The number of halogens is 5. The Labute approximate surface area is 131 Å². The molecule has 0 aliphatic carbocycles. The second kappa shape index (κ2) is 5.78. The van der Waals surface area contributed by atoms with E-state index in [2.05, 4.69) is 4.98 Å². The molecule has 0 radical (unpaired) electrons. The van der Waals surface area contributed by atoms with E-state index in [0.717, 1.165) is 42.7 Å². The van der Waals surface area contributed by atoms with Crippen molar-refractivity contribution >= 4 is 5.69 Å². The van der Waals surface area contributed by atoms with E-state index in [4.69, 9.17) is 0 Å². The van der Waals surface area contributed by atoms with Crippen LogP contribution >= 0.6 is 0 Å². The summed E-state index contributed by atoms with van der Waals surface area (Å²) in [6, 6.07) is 4.60. The van der Waals surface area contributed by atoms with E-state index in [0.29, 0.717) is 6.07 Å². The van der Waals surface area contributed by atoms with Gasteiger partial charge in [0.15, 0.2) is 5.60 Å². The molecule has 24 heavy (non-hydrogen) atoms. The fourth-order valence-electron chi connectivity index (χ4n) is 2.17. The van der Waals surface area contributed by atoms with Crippen LogP contribution in [0.15, 0.2) is 48.8 Å². The highest BCUT2D eigenvalue weighted by atomic mass is 19.4. The molecule has 0 fully saturated rings. The van der Waals surface area contributed by atoms with Crippen LogP contribution in [0.3, 0.4) is 0 Å². The summed E-state index contributed by atoms with van der Waals surface area (Å²) < 4.78 is 66.9.